The van der Waals surface area contributed by atoms with Crippen molar-refractivity contribution in [1.82, 2.24) is 4.90 Å². The number of rotatable bonds is 4. The molecule has 118 valence electrons. The lowest BCUT2D eigenvalue weighted by atomic mass is 10.1. The third-order valence-corrected chi connectivity index (χ3v) is 5.06. The fourth-order valence-electron chi connectivity index (χ4n) is 2.34. The van der Waals surface area contributed by atoms with Crippen molar-refractivity contribution in [1.29, 1.82) is 0 Å². The summed E-state index contributed by atoms with van der Waals surface area (Å²) in [4.78, 5) is 1.48. The molecule has 4 nitrogen and oxygen atoms in total. The molecular formula is C13H17F3N2O2S. The van der Waals surface area contributed by atoms with Crippen LogP contribution in [0.25, 0.3) is 0 Å². The first kappa shape index (κ1) is 16.1. The highest BCUT2D eigenvalue weighted by atomic mass is 32.2. The van der Waals surface area contributed by atoms with E-state index in [4.69, 9.17) is 0 Å². The van der Waals surface area contributed by atoms with E-state index in [9.17, 15) is 21.6 Å². The summed E-state index contributed by atoms with van der Waals surface area (Å²) in [6.07, 6.45) is 1.07. The molecule has 0 aliphatic carbocycles. The molecule has 1 heterocycles. The van der Waals surface area contributed by atoms with E-state index in [0.717, 1.165) is 38.2 Å². The van der Waals surface area contributed by atoms with E-state index in [2.05, 4.69) is 10.2 Å². The first-order chi connectivity index (χ1) is 9.70. The second kappa shape index (κ2) is 5.84. The maximum Gasteiger partial charge on any atom is 0.501 e. The normalized spacial score (nSPS) is 20.7. The lowest BCUT2D eigenvalue weighted by Gasteiger charge is -2.13. The molecule has 1 aliphatic rings. The summed E-state index contributed by atoms with van der Waals surface area (Å²) in [5, 5.41) is 3.12. The van der Waals surface area contributed by atoms with Crippen LogP contribution in [0.1, 0.15) is 6.42 Å². The van der Waals surface area contributed by atoms with Crippen LogP contribution in [-0.2, 0) is 9.84 Å². The molecule has 0 bridgehead atoms. The molecule has 1 N–H and O–H groups in total. The van der Waals surface area contributed by atoms with E-state index < -0.39 is 20.2 Å². The fraction of sp³-hybridized carbons (Fsp3) is 0.538. The van der Waals surface area contributed by atoms with Gasteiger partial charge in [0.25, 0.3) is 9.84 Å². The van der Waals surface area contributed by atoms with Crippen molar-refractivity contribution < 1.29 is 21.6 Å². The fourth-order valence-corrected chi connectivity index (χ4v) is 3.10. The number of alkyl halides is 3. The molecule has 0 unspecified atom stereocenters. The van der Waals surface area contributed by atoms with Gasteiger partial charge in [0, 0.05) is 18.8 Å². The SMILES string of the molecule is CN1CC[C@H](CNc2ccc(S(=O)(=O)C(F)(F)F)cc2)C1. The van der Waals surface area contributed by atoms with Crippen molar-refractivity contribution in [3.63, 3.8) is 0 Å². The molecule has 1 aromatic rings. The summed E-state index contributed by atoms with van der Waals surface area (Å²) < 4.78 is 59.6. The van der Waals surface area contributed by atoms with E-state index in [1.807, 2.05) is 7.05 Å². The average Bonchev–Trinajstić information content (AvgIpc) is 2.81. The molecule has 1 aromatic carbocycles. The summed E-state index contributed by atoms with van der Waals surface area (Å²) in [6.45, 7) is 2.73. The summed E-state index contributed by atoms with van der Waals surface area (Å²) in [5.74, 6) is 0.494. The predicted octanol–water partition coefficient (Wildman–Crippen LogP) is 2.34. The molecule has 1 aliphatic heterocycles. The number of nitrogens with zero attached hydrogens (tertiary/aromatic N) is 1. The quantitative estimate of drug-likeness (QED) is 0.924. The topological polar surface area (TPSA) is 49.4 Å². The van der Waals surface area contributed by atoms with Crippen molar-refractivity contribution in [3.05, 3.63) is 24.3 Å². The van der Waals surface area contributed by atoms with Crippen molar-refractivity contribution >= 4 is 15.5 Å². The highest BCUT2D eigenvalue weighted by Gasteiger charge is 2.46. The second-order valence-electron chi connectivity index (χ2n) is 5.27. The first-order valence-electron chi connectivity index (χ1n) is 6.54. The molecule has 8 heteroatoms. The average molecular weight is 322 g/mol. The Morgan fingerprint density at radius 1 is 1.29 bits per heavy atom. The molecule has 2 rings (SSSR count). The van der Waals surface area contributed by atoms with Gasteiger partial charge in [-0.1, -0.05) is 0 Å². The monoisotopic (exact) mass is 322 g/mol. The standard InChI is InChI=1S/C13H17F3N2O2S/c1-18-7-6-10(9-18)8-17-11-2-4-12(5-3-11)21(19,20)13(14,15)16/h2-5,10,17H,6-9H2,1H3/t10-/m1/s1. The molecule has 0 amide bonds. The van der Waals surface area contributed by atoms with Crippen LogP contribution in [0, 0.1) is 5.92 Å². The Morgan fingerprint density at radius 3 is 2.38 bits per heavy atom. The number of benzene rings is 1. The van der Waals surface area contributed by atoms with E-state index >= 15 is 0 Å². The van der Waals surface area contributed by atoms with Crippen molar-refractivity contribution in [2.45, 2.75) is 16.8 Å². The minimum atomic E-state index is -5.27. The maximum atomic E-state index is 12.4. The zero-order chi connectivity index (χ0) is 15.7. The zero-order valence-corrected chi connectivity index (χ0v) is 12.3. The number of sulfone groups is 1. The number of likely N-dealkylation sites (tertiary alicyclic amines) is 1. The highest BCUT2D eigenvalue weighted by molar-refractivity contribution is 7.92. The van der Waals surface area contributed by atoms with Crippen molar-refractivity contribution in [2.24, 2.45) is 5.92 Å². The molecular weight excluding hydrogens is 305 g/mol. The summed E-state index contributed by atoms with van der Waals surface area (Å²) in [7, 11) is -3.23. The van der Waals surface area contributed by atoms with Crippen molar-refractivity contribution in [2.75, 3.05) is 32.0 Å². The van der Waals surface area contributed by atoms with Gasteiger partial charge in [0.2, 0.25) is 0 Å². The molecule has 21 heavy (non-hydrogen) atoms. The Balaban J connectivity index is 1.99. The van der Waals surface area contributed by atoms with Crippen LogP contribution in [0.4, 0.5) is 18.9 Å². The van der Waals surface area contributed by atoms with E-state index in [-0.39, 0.29) is 0 Å². The Labute approximate surface area is 121 Å². The number of anilines is 1. The van der Waals surface area contributed by atoms with Crippen LogP contribution in [0.2, 0.25) is 0 Å². The molecule has 1 fully saturated rings. The smallest absolute Gasteiger partial charge is 0.385 e. The third kappa shape index (κ3) is 3.68. The molecule has 0 aromatic heterocycles. The minimum absolute atomic E-state index is 0.494. The summed E-state index contributed by atoms with van der Waals surface area (Å²) in [5.41, 5.74) is -4.65. The Morgan fingerprint density at radius 2 is 1.90 bits per heavy atom. The minimum Gasteiger partial charge on any atom is -0.385 e. The molecule has 0 radical (unpaired) electrons. The van der Waals surface area contributed by atoms with Gasteiger partial charge in [-0.25, -0.2) is 8.42 Å². The third-order valence-electron chi connectivity index (χ3n) is 3.55. The lowest BCUT2D eigenvalue weighted by Crippen LogP contribution is -2.23. The van der Waals surface area contributed by atoms with Gasteiger partial charge in [-0.15, -0.1) is 0 Å². The maximum absolute atomic E-state index is 12.4. The Hall–Kier alpha value is -1.28. The van der Waals surface area contributed by atoms with Gasteiger partial charge in [-0.05, 0) is 50.2 Å². The first-order valence-corrected chi connectivity index (χ1v) is 8.02. The molecule has 1 atom stereocenters. The van der Waals surface area contributed by atoms with Crippen LogP contribution < -0.4 is 5.32 Å². The van der Waals surface area contributed by atoms with Gasteiger partial charge >= 0.3 is 5.51 Å². The zero-order valence-electron chi connectivity index (χ0n) is 11.5. The Kier molecular flexibility index (Phi) is 4.48. The lowest BCUT2D eigenvalue weighted by molar-refractivity contribution is -0.0436. The summed E-state index contributed by atoms with van der Waals surface area (Å²) in [6, 6.07) is 4.67. The highest BCUT2D eigenvalue weighted by Crippen LogP contribution is 2.30. The molecule has 0 saturated carbocycles. The number of halogens is 3. The van der Waals surface area contributed by atoms with Crippen LogP contribution in [0.5, 0.6) is 0 Å². The van der Waals surface area contributed by atoms with E-state index in [1.165, 1.54) is 12.1 Å². The number of hydrogen-bond acceptors (Lipinski definition) is 4. The van der Waals surface area contributed by atoms with Gasteiger partial charge in [-0.3, -0.25) is 0 Å². The van der Waals surface area contributed by atoms with E-state index in [0.29, 0.717) is 11.6 Å². The van der Waals surface area contributed by atoms with E-state index in [1.54, 1.807) is 0 Å². The molecule has 0 spiro atoms. The Bertz CT molecular complexity index is 584. The van der Waals surface area contributed by atoms with Crippen LogP contribution in [0.3, 0.4) is 0 Å². The number of nitrogens with one attached hydrogen (secondary N) is 1. The summed E-state index contributed by atoms with van der Waals surface area (Å²) >= 11 is 0. The van der Waals surface area contributed by atoms with Crippen molar-refractivity contribution in [3.8, 4) is 0 Å². The van der Waals surface area contributed by atoms with Gasteiger partial charge < -0.3 is 10.2 Å². The van der Waals surface area contributed by atoms with Gasteiger partial charge in [0.15, 0.2) is 0 Å². The van der Waals surface area contributed by atoms with Gasteiger partial charge in [0.1, 0.15) is 0 Å². The second-order valence-corrected chi connectivity index (χ2v) is 7.21. The molecule has 1 saturated heterocycles. The van der Waals surface area contributed by atoms with Crippen LogP contribution in [-0.4, -0.2) is 45.5 Å². The van der Waals surface area contributed by atoms with Crippen LogP contribution in [0.15, 0.2) is 29.2 Å². The van der Waals surface area contributed by atoms with Gasteiger partial charge in [-0.2, -0.15) is 13.2 Å². The largest absolute Gasteiger partial charge is 0.501 e. The van der Waals surface area contributed by atoms with Crippen LogP contribution >= 0.6 is 0 Å². The van der Waals surface area contributed by atoms with Gasteiger partial charge in [0.05, 0.1) is 4.90 Å². The number of hydrogen-bond donors (Lipinski definition) is 1. The predicted molar refractivity (Wildman–Crippen MR) is 73.8 cm³/mol.